The molecule has 0 unspecified atom stereocenters. The van der Waals surface area contributed by atoms with Gasteiger partial charge in [0.2, 0.25) is 0 Å². The molecule has 0 amide bonds. The molecule has 7 heteroatoms. The first-order chi connectivity index (χ1) is 15.8. The molecule has 1 atom stereocenters. The minimum Gasteiger partial charge on any atom is -0.493 e. The number of thiophene rings is 1. The minimum absolute atomic E-state index is 0. The maximum Gasteiger partial charge on any atom is 0.164 e. The lowest BCUT2D eigenvalue weighted by atomic mass is 9.86. The molecule has 0 aliphatic heterocycles. The van der Waals surface area contributed by atoms with Crippen molar-refractivity contribution in [1.82, 2.24) is 10.2 Å². The predicted molar refractivity (Wildman–Crippen MR) is 151 cm³/mol. The van der Waals surface area contributed by atoms with Gasteiger partial charge in [0.05, 0.1) is 14.2 Å². The standard InChI is InChI=1S/C27H42N2O2S.2ClH/c1-4-18-29(19-8-6-5-7-16-28-17-15-24-10-9-20-32-24)23-12-13-25-22(21-23)11-14-26(30-2)27(25)31-3;;/h9-11,14,20,23,28H,4-8,12-13,15-19,21H2,1-3H3;2*1H/t23-;;/m0../s1. The first-order valence-electron chi connectivity index (χ1n) is 12.5. The first-order valence-corrected chi connectivity index (χ1v) is 13.3. The number of nitrogens with zero attached hydrogens (tertiary/aromatic N) is 1. The Labute approximate surface area is 223 Å². The summed E-state index contributed by atoms with van der Waals surface area (Å²) in [6.07, 6.45) is 11.1. The molecule has 0 spiro atoms. The summed E-state index contributed by atoms with van der Waals surface area (Å²) in [6.45, 7) is 6.99. The van der Waals surface area contributed by atoms with Crippen LogP contribution in [-0.4, -0.2) is 51.3 Å². The van der Waals surface area contributed by atoms with E-state index in [9.17, 15) is 0 Å². The van der Waals surface area contributed by atoms with Gasteiger partial charge in [0.1, 0.15) is 0 Å². The highest BCUT2D eigenvalue weighted by atomic mass is 35.5. The molecule has 194 valence electrons. The van der Waals surface area contributed by atoms with Gasteiger partial charge in [0.25, 0.3) is 0 Å². The summed E-state index contributed by atoms with van der Waals surface area (Å²) in [5.74, 6) is 1.80. The van der Waals surface area contributed by atoms with Gasteiger partial charge >= 0.3 is 0 Å². The Bertz CT molecular complexity index is 789. The lowest BCUT2D eigenvalue weighted by molar-refractivity contribution is 0.175. The zero-order chi connectivity index (χ0) is 22.6. The van der Waals surface area contributed by atoms with E-state index in [1.807, 2.05) is 11.3 Å². The molecule has 0 bridgehead atoms. The first kappa shape index (κ1) is 31.1. The molecule has 1 aliphatic rings. The van der Waals surface area contributed by atoms with Crippen LogP contribution < -0.4 is 14.8 Å². The number of hydrogen-bond acceptors (Lipinski definition) is 5. The number of hydrogen-bond donors (Lipinski definition) is 1. The average Bonchev–Trinajstić information content (AvgIpc) is 3.34. The van der Waals surface area contributed by atoms with E-state index in [2.05, 4.69) is 46.8 Å². The van der Waals surface area contributed by atoms with E-state index in [1.165, 1.54) is 67.6 Å². The Hall–Kier alpha value is -0.980. The molecule has 1 heterocycles. The third-order valence-corrected chi connectivity index (χ3v) is 7.57. The molecule has 34 heavy (non-hydrogen) atoms. The second kappa shape index (κ2) is 17.4. The highest BCUT2D eigenvalue weighted by molar-refractivity contribution is 7.09. The molecule has 4 nitrogen and oxygen atoms in total. The van der Waals surface area contributed by atoms with Crippen molar-refractivity contribution in [1.29, 1.82) is 0 Å². The van der Waals surface area contributed by atoms with Crippen LogP contribution in [0.2, 0.25) is 0 Å². The fraction of sp³-hybridized carbons (Fsp3) is 0.630. The summed E-state index contributed by atoms with van der Waals surface area (Å²) in [7, 11) is 3.48. The van der Waals surface area contributed by atoms with E-state index >= 15 is 0 Å². The number of halogens is 2. The number of fused-ring (bicyclic) bond motifs is 1. The van der Waals surface area contributed by atoms with Crippen molar-refractivity contribution >= 4 is 36.2 Å². The number of unbranched alkanes of at least 4 members (excludes halogenated alkanes) is 3. The van der Waals surface area contributed by atoms with Crippen molar-refractivity contribution in [2.45, 2.75) is 70.8 Å². The highest BCUT2D eigenvalue weighted by Gasteiger charge is 2.26. The lowest BCUT2D eigenvalue weighted by Gasteiger charge is -2.36. The van der Waals surface area contributed by atoms with Gasteiger partial charge in [0, 0.05) is 16.5 Å². The predicted octanol–water partition coefficient (Wildman–Crippen LogP) is 6.57. The van der Waals surface area contributed by atoms with E-state index in [1.54, 1.807) is 14.2 Å². The molecule has 0 radical (unpaired) electrons. The Balaban J connectivity index is 0.00000289. The average molecular weight is 532 g/mol. The molecule has 3 rings (SSSR count). The maximum atomic E-state index is 5.68. The third-order valence-electron chi connectivity index (χ3n) is 6.63. The maximum absolute atomic E-state index is 5.68. The molecule has 1 aromatic carbocycles. The molecule has 1 N–H and O–H groups in total. The van der Waals surface area contributed by atoms with Crippen LogP contribution >= 0.6 is 36.2 Å². The van der Waals surface area contributed by atoms with Crippen LogP contribution in [0.3, 0.4) is 0 Å². The molecule has 0 fully saturated rings. The van der Waals surface area contributed by atoms with Crippen molar-refractivity contribution in [2.75, 3.05) is 40.4 Å². The van der Waals surface area contributed by atoms with Gasteiger partial charge in [-0.15, -0.1) is 36.2 Å². The van der Waals surface area contributed by atoms with Gasteiger partial charge in [-0.1, -0.05) is 31.9 Å². The lowest BCUT2D eigenvalue weighted by Crippen LogP contribution is -2.40. The number of nitrogens with one attached hydrogen (secondary N) is 1. The Kier molecular flexibility index (Phi) is 15.9. The smallest absolute Gasteiger partial charge is 0.164 e. The van der Waals surface area contributed by atoms with Crippen LogP contribution in [0.15, 0.2) is 29.6 Å². The quantitative estimate of drug-likeness (QED) is 0.264. The summed E-state index contributed by atoms with van der Waals surface area (Å²) in [4.78, 5) is 4.23. The number of rotatable bonds is 15. The number of ether oxygens (including phenoxy) is 2. The van der Waals surface area contributed by atoms with Crippen LogP contribution in [0.1, 0.15) is 61.5 Å². The molecular weight excluding hydrogens is 487 g/mol. The molecule has 1 aromatic heterocycles. The summed E-state index contributed by atoms with van der Waals surface area (Å²) < 4.78 is 11.2. The van der Waals surface area contributed by atoms with Gasteiger partial charge in [-0.25, -0.2) is 0 Å². The van der Waals surface area contributed by atoms with Crippen molar-refractivity contribution in [3.8, 4) is 11.5 Å². The van der Waals surface area contributed by atoms with E-state index < -0.39 is 0 Å². The van der Waals surface area contributed by atoms with E-state index in [0.29, 0.717) is 6.04 Å². The summed E-state index contributed by atoms with van der Waals surface area (Å²) >= 11 is 1.86. The largest absolute Gasteiger partial charge is 0.493 e. The molecule has 1 aliphatic carbocycles. The van der Waals surface area contributed by atoms with Gasteiger partial charge in [-0.3, -0.25) is 0 Å². The normalized spacial score (nSPS) is 14.8. The van der Waals surface area contributed by atoms with Crippen LogP contribution in [0.25, 0.3) is 0 Å². The molecular formula is C27H44Cl2N2O2S. The molecule has 2 aromatic rings. The monoisotopic (exact) mass is 530 g/mol. The second-order valence-electron chi connectivity index (χ2n) is 8.86. The van der Waals surface area contributed by atoms with Crippen LogP contribution in [0.5, 0.6) is 11.5 Å². The fourth-order valence-corrected chi connectivity index (χ4v) is 5.66. The third kappa shape index (κ3) is 9.23. The van der Waals surface area contributed by atoms with Gasteiger partial charge in [-0.2, -0.15) is 0 Å². The zero-order valence-corrected chi connectivity index (χ0v) is 23.6. The van der Waals surface area contributed by atoms with Crippen molar-refractivity contribution in [2.24, 2.45) is 0 Å². The van der Waals surface area contributed by atoms with Crippen molar-refractivity contribution < 1.29 is 9.47 Å². The van der Waals surface area contributed by atoms with Gasteiger partial charge in [0.15, 0.2) is 11.5 Å². The van der Waals surface area contributed by atoms with Crippen LogP contribution in [0, 0.1) is 0 Å². The summed E-state index contributed by atoms with van der Waals surface area (Å²) in [6, 6.07) is 9.34. The Morgan fingerprint density at radius 2 is 1.82 bits per heavy atom. The van der Waals surface area contributed by atoms with Crippen LogP contribution in [0.4, 0.5) is 0 Å². The SMILES string of the molecule is CCCN(CCCCCCNCCc1cccs1)[C@H]1CCc2c(ccc(OC)c2OC)C1.Cl.Cl. The minimum atomic E-state index is 0. The van der Waals surface area contributed by atoms with Crippen molar-refractivity contribution in [3.05, 3.63) is 45.6 Å². The highest BCUT2D eigenvalue weighted by Crippen LogP contribution is 2.38. The Morgan fingerprint density at radius 3 is 2.53 bits per heavy atom. The van der Waals surface area contributed by atoms with Gasteiger partial charge < -0.3 is 19.7 Å². The number of benzene rings is 1. The van der Waals surface area contributed by atoms with E-state index in [4.69, 9.17) is 9.47 Å². The topological polar surface area (TPSA) is 33.7 Å². The Morgan fingerprint density at radius 1 is 1.00 bits per heavy atom. The van der Waals surface area contributed by atoms with Crippen molar-refractivity contribution in [3.63, 3.8) is 0 Å². The second-order valence-corrected chi connectivity index (χ2v) is 9.90. The zero-order valence-electron chi connectivity index (χ0n) is 21.1. The number of methoxy groups -OCH3 is 2. The molecule has 0 saturated heterocycles. The van der Waals surface area contributed by atoms with E-state index in [0.717, 1.165) is 43.9 Å². The van der Waals surface area contributed by atoms with Gasteiger partial charge in [-0.05, 0) is 94.2 Å². The van der Waals surface area contributed by atoms with E-state index in [-0.39, 0.29) is 24.8 Å². The summed E-state index contributed by atoms with van der Waals surface area (Å²) in [5.41, 5.74) is 2.79. The van der Waals surface area contributed by atoms with Crippen LogP contribution in [-0.2, 0) is 19.3 Å². The summed E-state index contributed by atoms with van der Waals surface area (Å²) in [5, 5.41) is 5.76. The molecule has 0 saturated carbocycles. The fourth-order valence-electron chi connectivity index (χ4n) is 4.95.